The molecular weight excluding hydrogens is 302 g/mol. The number of rotatable bonds is 5. The molecule has 7 heteroatoms. The Kier molecular flexibility index (Phi) is 4.00. The first-order valence-electron chi connectivity index (χ1n) is 8.23. The van der Waals surface area contributed by atoms with Crippen molar-refractivity contribution in [3.8, 4) is 5.69 Å². The van der Waals surface area contributed by atoms with Gasteiger partial charge in [-0.2, -0.15) is 10.2 Å². The highest BCUT2D eigenvalue weighted by molar-refractivity contribution is 5.36. The summed E-state index contributed by atoms with van der Waals surface area (Å²) in [5.41, 5.74) is 2.29. The molecule has 7 nitrogen and oxygen atoms in total. The molecular formula is C17H21N7. The van der Waals surface area contributed by atoms with Crippen LogP contribution in [0.25, 0.3) is 5.69 Å². The predicted octanol–water partition coefficient (Wildman–Crippen LogP) is 1.86. The van der Waals surface area contributed by atoms with Crippen LogP contribution in [-0.4, -0.2) is 37.6 Å². The Morgan fingerprint density at radius 3 is 2.92 bits per heavy atom. The lowest BCUT2D eigenvalue weighted by Crippen LogP contribution is -2.36. The number of hydrogen-bond donors (Lipinski definition) is 2. The van der Waals surface area contributed by atoms with Crippen LogP contribution in [0.15, 0.2) is 49.2 Å². The third-order valence-corrected chi connectivity index (χ3v) is 4.51. The Balaban J connectivity index is 1.34. The van der Waals surface area contributed by atoms with Gasteiger partial charge in [-0.15, -0.1) is 0 Å². The van der Waals surface area contributed by atoms with Crippen LogP contribution in [0.2, 0.25) is 0 Å². The second kappa shape index (κ2) is 6.45. The molecule has 2 N–H and O–H groups in total. The number of nitrogens with zero attached hydrogens (tertiary/aromatic N) is 5. The molecule has 0 saturated carbocycles. The Labute approximate surface area is 140 Å². The van der Waals surface area contributed by atoms with Gasteiger partial charge in [-0.3, -0.25) is 0 Å². The van der Waals surface area contributed by atoms with E-state index in [0.717, 1.165) is 31.1 Å². The van der Waals surface area contributed by atoms with E-state index in [0.29, 0.717) is 12.0 Å². The summed E-state index contributed by atoms with van der Waals surface area (Å²) < 4.78 is 3.80. The van der Waals surface area contributed by atoms with Gasteiger partial charge < -0.3 is 10.6 Å². The number of benzene rings is 1. The minimum atomic E-state index is 0.300. The molecule has 124 valence electrons. The Morgan fingerprint density at radius 1 is 1.25 bits per heavy atom. The lowest BCUT2D eigenvalue weighted by atomic mass is 10.1. The summed E-state index contributed by atoms with van der Waals surface area (Å²) in [5, 5.41) is 15.5. The third-order valence-electron chi connectivity index (χ3n) is 4.51. The summed E-state index contributed by atoms with van der Waals surface area (Å²) in [5.74, 6) is 1.65. The zero-order chi connectivity index (χ0) is 16.4. The van der Waals surface area contributed by atoms with Crippen molar-refractivity contribution in [1.82, 2.24) is 29.9 Å². The van der Waals surface area contributed by atoms with Crippen LogP contribution in [0, 0.1) is 5.92 Å². The minimum Gasteiger partial charge on any atom is -0.370 e. The van der Waals surface area contributed by atoms with Gasteiger partial charge in [0.2, 0.25) is 0 Å². The predicted molar refractivity (Wildman–Crippen MR) is 92.0 cm³/mol. The number of aromatic nitrogens is 5. The van der Waals surface area contributed by atoms with E-state index in [1.807, 2.05) is 16.9 Å². The van der Waals surface area contributed by atoms with Crippen LogP contribution < -0.4 is 10.6 Å². The van der Waals surface area contributed by atoms with Crippen molar-refractivity contribution in [2.24, 2.45) is 5.92 Å². The Hall–Kier alpha value is -2.67. The van der Waals surface area contributed by atoms with Gasteiger partial charge in [0, 0.05) is 37.7 Å². The molecule has 0 saturated heterocycles. The van der Waals surface area contributed by atoms with Crippen molar-refractivity contribution in [1.29, 1.82) is 0 Å². The Bertz CT molecular complexity index is 776. The summed E-state index contributed by atoms with van der Waals surface area (Å²) >= 11 is 0. The van der Waals surface area contributed by atoms with Gasteiger partial charge >= 0.3 is 0 Å². The van der Waals surface area contributed by atoms with Crippen molar-refractivity contribution < 1.29 is 0 Å². The Morgan fingerprint density at radius 2 is 2.12 bits per heavy atom. The van der Waals surface area contributed by atoms with E-state index in [9.17, 15) is 0 Å². The first-order valence-corrected chi connectivity index (χ1v) is 8.23. The SMILES string of the molecule is C[C@@H](NC[C@H]1CNc2ccnn2C1)c1ccc(-n2cncn2)cc1. The normalized spacial score (nSPS) is 18.0. The molecule has 3 heterocycles. The molecule has 0 unspecified atom stereocenters. The summed E-state index contributed by atoms with van der Waals surface area (Å²) in [6.45, 7) is 5.09. The van der Waals surface area contributed by atoms with E-state index in [-0.39, 0.29) is 0 Å². The molecule has 0 spiro atoms. The summed E-state index contributed by atoms with van der Waals surface area (Å²) in [7, 11) is 0. The lowest BCUT2D eigenvalue weighted by Gasteiger charge is -2.26. The number of fused-ring (bicyclic) bond motifs is 1. The van der Waals surface area contributed by atoms with Crippen molar-refractivity contribution >= 4 is 5.82 Å². The second-order valence-corrected chi connectivity index (χ2v) is 6.21. The minimum absolute atomic E-state index is 0.300. The average molecular weight is 323 g/mol. The van der Waals surface area contributed by atoms with Crippen LogP contribution in [0.3, 0.4) is 0 Å². The van der Waals surface area contributed by atoms with Crippen LogP contribution in [0.5, 0.6) is 0 Å². The van der Waals surface area contributed by atoms with E-state index in [1.54, 1.807) is 17.3 Å². The first-order chi connectivity index (χ1) is 11.8. The average Bonchev–Trinajstić information content (AvgIpc) is 3.31. The fraction of sp³-hybridized carbons (Fsp3) is 0.353. The number of nitrogens with one attached hydrogen (secondary N) is 2. The summed E-state index contributed by atoms with van der Waals surface area (Å²) in [6, 6.07) is 10.7. The molecule has 4 rings (SSSR count). The fourth-order valence-electron chi connectivity index (χ4n) is 3.04. The molecule has 0 aliphatic carbocycles. The van der Waals surface area contributed by atoms with E-state index in [1.165, 1.54) is 5.56 Å². The molecule has 1 aliphatic heterocycles. The van der Waals surface area contributed by atoms with Gasteiger partial charge in [-0.25, -0.2) is 14.3 Å². The maximum Gasteiger partial charge on any atom is 0.138 e. The van der Waals surface area contributed by atoms with Crippen molar-refractivity contribution in [3.63, 3.8) is 0 Å². The summed E-state index contributed by atoms with van der Waals surface area (Å²) in [6.07, 6.45) is 5.09. The molecule has 0 amide bonds. The zero-order valence-electron chi connectivity index (χ0n) is 13.6. The van der Waals surface area contributed by atoms with Gasteiger partial charge in [0.05, 0.1) is 11.9 Å². The largest absolute Gasteiger partial charge is 0.370 e. The van der Waals surface area contributed by atoms with Gasteiger partial charge in [0.1, 0.15) is 18.5 Å². The molecule has 0 fully saturated rings. The lowest BCUT2D eigenvalue weighted by molar-refractivity contribution is 0.376. The maximum atomic E-state index is 4.34. The first kappa shape index (κ1) is 14.9. The van der Waals surface area contributed by atoms with E-state index < -0.39 is 0 Å². The molecule has 1 aromatic carbocycles. The molecule has 24 heavy (non-hydrogen) atoms. The van der Waals surface area contributed by atoms with E-state index in [2.05, 4.69) is 57.0 Å². The van der Waals surface area contributed by atoms with E-state index in [4.69, 9.17) is 0 Å². The van der Waals surface area contributed by atoms with Crippen LogP contribution in [0.1, 0.15) is 18.5 Å². The standard InChI is InChI=1S/C17H21N7/c1-13(15-2-4-16(5-3-15)24-12-18-11-22-24)19-8-14-9-20-17-6-7-21-23(17)10-14/h2-7,11-14,19-20H,8-10H2,1H3/t13-,14+/m1/s1. The summed E-state index contributed by atoms with van der Waals surface area (Å²) in [4.78, 5) is 3.98. The number of anilines is 1. The zero-order valence-corrected chi connectivity index (χ0v) is 13.6. The van der Waals surface area contributed by atoms with Gasteiger partial charge in [-0.05, 0) is 24.6 Å². The monoisotopic (exact) mass is 323 g/mol. The second-order valence-electron chi connectivity index (χ2n) is 6.21. The highest BCUT2D eigenvalue weighted by atomic mass is 15.3. The molecule has 0 bridgehead atoms. The van der Waals surface area contributed by atoms with Crippen LogP contribution in [-0.2, 0) is 6.54 Å². The topological polar surface area (TPSA) is 72.6 Å². The molecule has 2 aromatic heterocycles. The highest BCUT2D eigenvalue weighted by Crippen LogP contribution is 2.18. The van der Waals surface area contributed by atoms with Crippen molar-refractivity contribution in [2.45, 2.75) is 19.5 Å². The highest BCUT2D eigenvalue weighted by Gasteiger charge is 2.18. The van der Waals surface area contributed by atoms with Crippen molar-refractivity contribution in [3.05, 3.63) is 54.7 Å². The van der Waals surface area contributed by atoms with Crippen molar-refractivity contribution in [2.75, 3.05) is 18.4 Å². The van der Waals surface area contributed by atoms with E-state index >= 15 is 0 Å². The van der Waals surface area contributed by atoms with Gasteiger partial charge in [0.15, 0.2) is 0 Å². The molecule has 0 radical (unpaired) electrons. The smallest absolute Gasteiger partial charge is 0.138 e. The molecule has 1 aliphatic rings. The van der Waals surface area contributed by atoms with Gasteiger partial charge in [0.25, 0.3) is 0 Å². The number of hydrogen-bond acceptors (Lipinski definition) is 5. The van der Waals surface area contributed by atoms with Gasteiger partial charge in [-0.1, -0.05) is 12.1 Å². The quantitative estimate of drug-likeness (QED) is 0.750. The third kappa shape index (κ3) is 3.03. The van der Waals surface area contributed by atoms with Crippen LogP contribution in [0.4, 0.5) is 5.82 Å². The van der Waals surface area contributed by atoms with Crippen LogP contribution >= 0.6 is 0 Å². The molecule has 3 aromatic rings. The molecule has 2 atom stereocenters. The maximum absolute atomic E-state index is 4.34. The fourth-order valence-corrected chi connectivity index (χ4v) is 3.04.